The lowest BCUT2D eigenvalue weighted by Gasteiger charge is -2.34. The summed E-state index contributed by atoms with van der Waals surface area (Å²) in [6.45, 7) is 8.28. The van der Waals surface area contributed by atoms with Gasteiger partial charge in [-0.1, -0.05) is 0 Å². The molecule has 0 amide bonds. The molecule has 2 N–H and O–H groups in total. The minimum atomic E-state index is -0.650. The smallest absolute Gasteiger partial charge is 0.125 e. The molecule has 6 heteroatoms. The molecule has 1 heterocycles. The Kier molecular flexibility index (Phi) is 5.19. The standard InChI is InChI=1S/C12H21N5O/c1-10(8-13)15-9-16-12(2,3)11(14)17-4-6-18-7-5-17/h8,10,13-14H,4-7H2,1-3H3. The molecule has 0 aromatic carbocycles. The number of hydrogen-bond donors (Lipinski definition) is 2. The zero-order chi connectivity index (χ0) is 13.6. The zero-order valence-corrected chi connectivity index (χ0v) is 11.2. The second-order valence-corrected chi connectivity index (χ2v) is 4.76. The summed E-state index contributed by atoms with van der Waals surface area (Å²) in [5.41, 5.74) is -0.650. The first-order valence-corrected chi connectivity index (χ1v) is 6.06. The molecule has 18 heavy (non-hydrogen) atoms. The van der Waals surface area contributed by atoms with Crippen LogP contribution in [0, 0.1) is 10.8 Å². The van der Waals surface area contributed by atoms with Crippen molar-refractivity contribution in [2.75, 3.05) is 26.3 Å². The summed E-state index contributed by atoms with van der Waals surface area (Å²) >= 11 is 0. The van der Waals surface area contributed by atoms with Gasteiger partial charge in [0.1, 0.15) is 11.4 Å². The predicted molar refractivity (Wildman–Crippen MR) is 72.3 cm³/mol. The summed E-state index contributed by atoms with van der Waals surface area (Å²) in [4.78, 5) is 10.1. The van der Waals surface area contributed by atoms with Crippen molar-refractivity contribution in [1.29, 1.82) is 10.8 Å². The molecule has 1 aliphatic rings. The number of nitrogens with zero attached hydrogens (tertiary/aromatic N) is 3. The molecule has 1 atom stereocenters. The van der Waals surface area contributed by atoms with E-state index in [1.54, 1.807) is 6.92 Å². The van der Waals surface area contributed by atoms with E-state index in [0.29, 0.717) is 19.0 Å². The van der Waals surface area contributed by atoms with Gasteiger partial charge >= 0.3 is 0 Å². The number of nitrogens with one attached hydrogen (secondary N) is 2. The maximum absolute atomic E-state index is 8.17. The summed E-state index contributed by atoms with van der Waals surface area (Å²) in [5, 5.41) is 15.2. The van der Waals surface area contributed by atoms with E-state index >= 15 is 0 Å². The minimum absolute atomic E-state index is 0.220. The molecular weight excluding hydrogens is 230 g/mol. The van der Waals surface area contributed by atoms with Crippen molar-refractivity contribution < 1.29 is 4.74 Å². The molecule has 1 fully saturated rings. The maximum Gasteiger partial charge on any atom is 0.125 e. The monoisotopic (exact) mass is 251 g/mol. The van der Waals surface area contributed by atoms with Crippen molar-refractivity contribution in [3.63, 3.8) is 0 Å². The van der Waals surface area contributed by atoms with Crippen LogP contribution in [0.5, 0.6) is 0 Å². The first-order chi connectivity index (χ1) is 8.47. The van der Waals surface area contributed by atoms with Gasteiger partial charge in [0.05, 0.1) is 25.3 Å². The second-order valence-electron chi connectivity index (χ2n) is 4.76. The van der Waals surface area contributed by atoms with Gasteiger partial charge < -0.3 is 15.0 Å². The van der Waals surface area contributed by atoms with Crippen molar-refractivity contribution in [1.82, 2.24) is 4.90 Å². The van der Waals surface area contributed by atoms with Gasteiger partial charge in [0.15, 0.2) is 0 Å². The SMILES string of the molecule is CC(C=N)N=C=NC(C)(C)C(=N)N1CCOCC1. The molecule has 0 aliphatic carbocycles. The first-order valence-electron chi connectivity index (χ1n) is 6.06. The van der Waals surface area contributed by atoms with E-state index in [1.807, 2.05) is 18.7 Å². The van der Waals surface area contributed by atoms with E-state index < -0.39 is 5.54 Å². The molecule has 0 radical (unpaired) electrons. The largest absolute Gasteiger partial charge is 0.378 e. The zero-order valence-electron chi connectivity index (χ0n) is 11.2. The number of hydrogen-bond acceptors (Lipinski definition) is 5. The Morgan fingerprint density at radius 2 is 2.06 bits per heavy atom. The van der Waals surface area contributed by atoms with Crippen molar-refractivity contribution in [2.24, 2.45) is 9.98 Å². The lowest BCUT2D eigenvalue weighted by atomic mass is 10.0. The fourth-order valence-corrected chi connectivity index (χ4v) is 1.51. The van der Waals surface area contributed by atoms with Crippen LogP contribution in [0.2, 0.25) is 0 Å². The Bertz CT molecular complexity index is 365. The number of morpholine rings is 1. The molecule has 0 bridgehead atoms. The Hall–Kier alpha value is -1.52. The number of ether oxygens (including phenoxy) is 1. The fraction of sp³-hybridized carbons (Fsp3) is 0.750. The molecular formula is C12H21N5O. The van der Waals surface area contributed by atoms with E-state index in [9.17, 15) is 0 Å². The van der Waals surface area contributed by atoms with E-state index in [4.69, 9.17) is 15.6 Å². The van der Waals surface area contributed by atoms with Gasteiger partial charge in [0.25, 0.3) is 0 Å². The number of amidine groups is 1. The van der Waals surface area contributed by atoms with Crippen LogP contribution in [0.4, 0.5) is 0 Å². The highest BCUT2D eigenvalue weighted by molar-refractivity contribution is 5.89. The van der Waals surface area contributed by atoms with Gasteiger partial charge in [0, 0.05) is 19.3 Å². The highest BCUT2D eigenvalue weighted by Gasteiger charge is 2.28. The molecule has 100 valence electrons. The van der Waals surface area contributed by atoms with Crippen LogP contribution < -0.4 is 0 Å². The normalized spacial score (nSPS) is 17.6. The van der Waals surface area contributed by atoms with Gasteiger partial charge in [-0.15, -0.1) is 0 Å². The van der Waals surface area contributed by atoms with Crippen LogP contribution >= 0.6 is 0 Å². The average Bonchev–Trinajstić information content (AvgIpc) is 2.38. The quantitative estimate of drug-likeness (QED) is 0.582. The molecule has 1 rings (SSSR count). The summed E-state index contributed by atoms with van der Waals surface area (Å²) in [6.07, 6.45) is 1.23. The highest BCUT2D eigenvalue weighted by Crippen LogP contribution is 2.14. The van der Waals surface area contributed by atoms with Crippen LogP contribution in [0.15, 0.2) is 9.98 Å². The Labute approximate surface area is 108 Å². The molecule has 1 aliphatic heterocycles. The predicted octanol–water partition coefficient (Wildman–Crippen LogP) is 1.29. The van der Waals surface area contributed by atoms with E-state index in [1.165, 1.54) is 6.21 Å². The van der Waals surface area contributed by atoms with Gasteiger partial charge in [-0.25, -0.2) is 9.98 Å². The highest BCUT2D eigenvalue weighted by atomic mass is 16.5. The van der Waals surface area contributed by atoms with E-state index in [0.717, 1.165) is 13.1 Å². The molecule has 0 aromatic rings. The lowest BCUT2D eigenvalue weighted by molar-refractivity contribution is 0.0654. The molecule has 6 nitrogen and oxygen atoms in total. The molecule has 0 saturated carbocycles. The van der Waals surface area contributed by atoms with Crippen LogP contribution in [-0.2, 0) is 4.74 Å². The molecule has 1 unspecified atom stereocenters. The van der Waals surface area contributed by atoms with Crippen LogP contribution in [0.25, 0.3) is 0 Å². The Morgan fingerprint density at radius 3 is 2.61 bits per heavy atom. The third-order valence-electron chi connectivity index (χ3n) is 2.74. The maximum atomic E-state index is 8.17. The van der Waals surface area contributed by atoms with Crippen molar-refractivity contribution in [3.05, 3.63) is 0 Å². The number of rotatable bonds is 4. The minimum Gasteiger partial charge on any atom is -0.378 e. The van der Waals surface area contributed by atoms with Crippen molar-refractivity contribution in [2.45, 2.75) is 32.4 Å². The third-order valence-corrected chi connectivity index (χ3v) is 2.74. The van der Waals surface area contributed by atoms with Crippen molar-refractivity contribution >= 4 is 18.1 Å². The van der Waals surface area contributed by atoms with Gasteiger partial charge in [-0.05, 0) is 20.8 Å². The summed E-state index contributed by atoms with van der Waals surface area (Å²) in [7, 11) is 0. The van der Waals surface area contributed by atoms with Crippen LogP contribution in [-0.4, -0.2) is 60.8 Å². The number of aliphatic imine (C=N–C) groups is 2. The van der Waals surface area contributed by atoms with Crippen LogP contribution in [0.3, 0.4) is 0 Å². The fourth-order valence-electron chi connectivity index (χ4n) is 1.51. The molecule has 0 spiro atoms. The summed E-state index contributed by atoms with van der Waals surface area (Å²) in [6, 6.07) is 2.38. The van der Waals surface area contributed by atoms with Crippen LogP contribution in [0.1, 0.15) is 20.8 Å². The lowest BCUT2D eigenvalue weighted by Crippen LogP contribution is -2.48. The topological polar surface area (TPSA) is 84.9 Å². The van der Waals surface area contributed by atoms with Crippen molar-refractivity contribution in [3.8, 4) is 0 Å². The van der Waals surface area contributed by atoms with Gasteiger partial charge in [-0.2, -0.15) is 0 Å². The van der Waals surface area contributed by atoms with E-state index in [-0.39, 0.29) is 6.04 Å². The second kappa shape index (κ2) is 6.42. The first kappa shape index (κ1) is 14.5. The average molecular weight is 251 g/mol. The molecule has 1 saturated heterocycles. The third kappa shape index (κ3) is 4.05. The summed E-state index contributed by atoms with van der Waals surface area (Å²) in [5.74, 6) is 0.455. The molecule has 0 aromatic heterocycles. The summed E-state index contributed by atoms with van der Waals surface area (Å²) < 4.78 is 5.26. The Morgan fingerprint density at radius 1 is 1.44 bits per heavy atom. The Balaban J connectivity index is 2.69. The van der Waals surface area contributed by atoms with Gasteiger partial charge in [-0.3, -0.25) is 5.41 Å². The van der Waals surface area contributed by atoms with Gasteiger partial charge in [0.2, 0.25) is 0 Å². The van der Waals surface area contributed by atoms with E-state index in [2.05, 4.69) is 16.0 Å².